The molecule has 2 aromatic carbocycles. The van der Waals surface area contributed by atoms with Crippen molar-refractivity contribution in [3.05, 3.63) is 89.2 Å². The maximum Gasteiger partial charge on any atom is 0.337 e. The zero-order valence-electron chi connectivity index (χ0n) is 14.1. The Balaban J connectivity index is 1.80. The van der Waals surface area contributed by atoms with Gasteiger partial charge in [-0.25, -0.2) is 4.79 Å². The van der Waals surface area contributed by atoms with E-state index < -0.39 is 5.97 Å². The zero-order valence-corrected chi connectivity index (χ0v) is 14.1. The van der Waals surface area contributed by atoms with Crippen molar-refractivity contribution >= 4 is 29.0 Å². The second kappa shape index (κ2) is 6.48. The fourth-order valence-electron chi connectivity index (χ4n) is 3.15. The largest absolute Gasteiger partial charge is 0.489 e. The van der Waals surface area contributed by atoms with Crippen LogP contribution in [0, 0.1) is 0 Å². The summed E-state index contributed by atoms with van der Waals surface area (Å²) in [6, 6.07) is 14.6. The summed E-state index contributed by atoms with van der Waals surface area (Å²) in [6.07, 6.45) is 6.88. The van der Waals surface area contributed by atoms with Crippen molar-refractivity contribution < 1.29 is 19.1 Å². The summed E-state index contributed by atoms with van der Waals surface area (Å²) in [7, 11) is 1.33. The van der Waals surface area contributed by atoms with Crippen molar-refractivity contribution in [3.63, 3.8) is 0 Å². The Labute approximate surface area is 151 Å². The second-order valence-electron chi connectivity index (χ2n) is 6.06. The molecule has 4 rings (SSSR count). The molecule has 1 unspecified atom stereocenters. The van der Waals surface area contributed by atoms with Crippen LogP contribution in [-0.2, 0) is 14.3 Å². The van der Waals surface area contributed by atoms with Gasteiger partial charge in [0.1, 0.15) is 6.10 Å². The Morgan fingerprint density at radius 1 is 1.08 bits per heavy atom. The molecule has 0 amide bonds. The monoisotopic (exact) mass is 344 g/mol. The number of allylic oxidation sites excluding steroid dienone is 2. The average Bonchev–Trinajstić information content (AvgIpc) is 2.97. The van der Waals surface area contributed by atoms with E-state index in [4.69, 9.17) is 9.47 Å². The smallest absolute Gasteiger partial charge is 0.337 e. The van der Waals surface area contributed by atoms with Crippen LogP contribution in [0.25, 0.3) is 17.2 Å². The molecule has 0 spiro atoms. The fraction of sp³-hybridized carbons (Fsp3) is 0.0909. The molecule has 4 nitrogen and oxygen atoms in total. The highest BCUT2D eigenvalue weighted by Crippen LogP contribution is 2.33. The van der Waals surface area contributed by atoms with Crippen LogP contribution in [0.5, 0.6) is 0 Å². The number of rotatable bonds is 2. The Bertz CT molecular complexity index is 995. The number of ketones is 1. The molecular weight excluding hydrogens is 328 g/mol. The Kier molecular flexibility index (Phi) is 4.01. The number of Topliss-reactive ketones (excluding diaryl/α,β-unsaturated/α-hetero) is 1. The molecule has 0 radical (unpaired) electrons. The van der Waals surface area contributed by atoms with Crippen LogP contribution in [0.3, 0.4) is 0 Å². The van der Waals surface area contributed by atoms with Gasteiger partial charge in [0, 0.05) is 5.57 Å². The topological polar surface area (TPSA) is 52.6 Å². The zero-order chi connectivity index (χ0) is 18.1. The van der Waals surface area contributed by atoms with Gasteiger partial charge >= 0.3 is 5.97 Å². The SMILES string of the molecule is COC(=O)c1cccc(C2=COC3C=Cc4ccccc4C(=C3)C2=O)c1. The van der Waals surface area contributed by atoms with E-state index in [1.54, 1.807) is 24.3 Å². The number of benzene rings is 2. The standard InChI is InChI=1S/C22H16O4/c1-25-22(24)16-7-4-6-15(11-16)20-13-26-17-10-9-14-5-2-3-8-18(14)19(12-17)21(20)23/h2-13,17H,1H3. The molecule has 4 heteroatoms. The van der Waals surface area contributed by atoms with Crippen molar-refractivity contribution in [1.82, 2.24) is 0 Å². The lowest BCUT2D eigenvalue weighted by Crippen LogP contribution is -2.07. The van der Waals surface area contributed by atoms with Crippen LogP contribution >= 0.6 is 0 Å². The molecule has 2 aromatic rings. The number of hydrogen-bond donors (Lipinski definition) is 0. The van der Waals surface area contributed by atoms with E-state index in [0.717, 1.165) is 11.1 Å². The molecule has 0 saturated heterocycles. The number of fused-ring (bicyclic) bond motifs is 3. The molecule has 0 fully saturated rings. The van der Waals surface area contributed by atoms with E-state index in [0.29, 0.717) is 22.3 Å². The fourth-order valence-corrected chi connectivity index (χ4v) is 3.15. The third-order valence-corrected chi connectivity index (χ3v) is 4.47. The number of esters is 1. The van der Waals surface area contributed by atoms with E-state index >= 15 is 0 Å². The third-order valence-electron chi connectivity index (χ3n) is 4.47. The van der Waals surface area contributed by atoms with E-state index in [-0.39, 0.29) is 11.9 Å². The van der Waals surface area contributed by atoms with Crippen molar-refractivity contribution in [2.24, 2.45) is 0 Å². The number of methoxy groups -OCH3 is 1. The van der Waals surface area contributed by atoms with Gasteiger partial charge < -0.3 is 9.47 Å². The highest BCUT2D eigenvalue weighted by Gasteiger charge is 2.26. The maximum absolute atomic E-state index is 13.3. The van der Waals surface area contributed by atoms with Gasteiger partial charge in [0.05, 0.1) is 24.5 Å². The third kappa shape index (κ3) is 2.75. The summed E-state index contributed by atoms with van der Waals surface area (Å²) < 4.78 is 10.6. The van der Waals surface area contributed by atoms with Gasteiger partial charge in [0.15, 0.2) is 5.78 Å². The highest BCUT2D eigenvalue weighted by atomic mass is 16.5. The minimum absolute atomic E-state index is 0.134. The van der Waals surface area contributed by atoms with Crippen molar-refractivity contribution in [2.75, 3.05) is 7.11 Å². The predicted molar refractivity (Wildman–Crippen MR) is 99.1 cm³/mol. The highest BCUT2D eigenvalue weighted by molar-refractivity contribution is 6.42. The number of carbonyl (C=O) groups excluding carboxylic acids is 2. The van der Waals surface area contributed by atoms with E-state index in [1.807, 2.05) is 42.5 Å². The number of carbonyl (C=O) groups is 2. The summed E-state index contributed by atoms with van der Waals surface area (Å²) in [5, 5.41) is 0. The van der Waals surface area contributed by atoms with Gasteiger partial charge in [-0.05, 0) is 41.0 Å². The van der Waals surface area contributed by atoms with Crippen LogP contribution in [-0.4, -0.2) is 25.0 Å². The predicted octanol–water partition coefficient (Wildman–Crippen LogP) is 3.89. The summed E-state index contributed by atoms with van der Waals surface area (Å²) in [5.41, 5.74) is 3.86. The molecule has 1 atom stereocenters. The lowest BCUT2D eigenvalue weighted by Gasteiger charge is -2.11. The average molecular weight is 344 g/mol. The van der Waals surface area contributed by atoms with Crippen molar-refractivity contribution in [1.29, 1.82) is 0 Å². The first-order chi connectivity index (χ1) is 12.7. The first-order valence-electron chi connectivity index (χ1n) is 8.26. The van der Waals surface area contributed by atoms with Crippen molar-refractivity contribution in [3.8, 4) is 0 Å². The van der Waals surface area contributed by atoms with Gasteiger partial charge in [-0.3, -0.25) is 4.79 Å². The first kappa shape index (κ1) is 16.1. The molecule has 1 aliphatic carbocycles. The van der Waals surface area contributed by atoms with Crippen LogP contribution in [0.15, 0.2) is 66.9 Å². The maximum atomic E-state index is 13.3. The molecule has 26 heavy (non-hydrogen) atoms. The molecule has 0 aromatic heterocycles. The summed E-state index contributed by atoms with van der Waals surface area (Å²) in [5.74, 6) is -0.580. The van der Waals surface area contributed by atoms with Crippen LogP contribution in [0.4, 0.5) is 0 Å². The van der Waals surface area contributed by atoms with E-state index in [2.05, 4.69) is 0 Å². The lowest BCUT2D eigenvalue weighted by atomic mass is 9.91. The minimum Gasteiger partial charge on any atom is -0.489 e. The van der Waals surface area contributed by atoms with Gasteiger partial charge in [0.25, 0.3) is 0 Å². The summed E-state index contributed by atoms with van der Waals surface area (Å²) in [4.78, 5) is 25.1. The summed E-state index contributed by atoms with van der Waals surface area (Å²) >= 11 is 0. The second-order valence-corrected chi connectivity index (χ2v) is 6.06. The molecule has 1 heterocycles. The van der Waals surface area contributed by atoms with Crippen molar-refractivity contribution in [2.45, 2.75) is 6.10 Å². The molecule has 2 aliphatic rings. The number of ether oxygens (including phenoxy) is 2. The van der Waals surface area contributed by atoms with Gasteiger partial charge in [-0.1, -0.05) is 42.5 Å². The lowest BCUT2D eigenvalue weighted by molar-refractivity contribution is -0.108. The van der Waals surface area contributed by atoms with Crippen LogP contribution in [0.1, 0.15) is 27.0 Å². The van der Waals surface area contributed by atoms with Gasteiger partial charge in [-0.2, -0.15) is 0 Å². The van der Waals surface area contributed by atoms with E-state index in [1.165, 1.54) is 13.4 Å². The van der Waals surface area contributed by atoms with Crippen LogP contribution < -0.4 is 0 Å². The Morgan fingerprint density at radius 2 is 1.92 bits per heavy atom. The number of hydrogen-bond acceptors (Lipinski definition) is 4. The molecular formula is C22H16O4. The molecule has 128 valence electrons. The molecule has 0 N–H and O–H groups in total. The molecule has 0 saturated carbocycles. The van der Waals surface area contributed by atoms with E-state index in [9.17, 15) is 9.59 Å². The normalized spacial score (nSPS) is 17.9. The van der Waals surface area contributed by atoms with Gasteiger partial charge in [0.2, 0.25) is 0 Å². The Morgan fingerprint density at radius 3 is 2.77 bits per heavy atom. The summed E-state index contributed by atoms with van der Waals surface area (Å²) in [6.45, 7) is 0. The Hall–Kier alpha value is -3.40. The minimum atomic E-state index is -0.447. The first-order valence-corrected chi connectivity index (χ1v) is 8.26. The van der Waals surface area contributed by atoms with Gasteiger partial charge in [-0.15, -0.1) is 0 Å². The quantitative estimate of drug-likeness (QED) is 0.776. The van der Waals surface area contributed by atoms with Crippen LogP contribution in [0.2, 0.25) is 0 Å². The molecule has 1 aliphatic heterocycles. The molecule has 2 bridgehead atoms.